The Labute approximate surface area is 113 Å². The fourth-order valence-electron chi connectivity index (χ4n) is 2.81. The van der Waals surface area contributed by atoms with Crippen LogP contribution in [0.2, 0.25) is 0 Å². The van der Waals surface area contributed by atoms with Gasteiger partial charge in [-0.1, -0.05) is 24.6 Å². The zero-order chi connectivity index (χ0) is 12.7. The Bertz CT molecular complexity index is 583. The van der Waals surface area contributed by atoms with Crippen LogP contribution in [0, 0.1) is 13.8 Å². The van der Waals surface area contributed by atoms with Gasteiger partial charge >= 0.3 is 0 Å². The molecule has 0 aliphatic carbocycles. The van der Waals surface area contributed by atoms with E-state index in [1.807, 2.05) is 11.3 Å². The third-order valence-corrected chi connectivity index (χ3v) is 5.02. The topological polar surface area (TPSA) is 12.0 Å². The summed E-state index contributed by atoms with van der Waals surface area (Å²) in [6.07, 6.45) is 2.27. The molecular weight excluding hydrogens is 238 g/mol. The van der Waals surface area contributed by atoms with Crippen molar-refractivity contribution in [2.75, 3.05) is 5.32 Å². The molecule has 2 aromatic rings. The summed E-state index contributed by atoms with van der Waals surface area (Å²) < 4.78 is 0. The van der Waals surface area contributed by atoms with Crippen LogP contribution in [0.3, 0.4) is 0 Å². The summed E-state index contributed by atoms with van der Waals surface area (Å²) in [4.78, 5) is 2.95. The number of rotatable bonds is 2. The maximum Gasteiger partial charge on any atom is 0.0647 e. The van der Waals surface area contributed by atoms with E-state index in [0.717, 1.165) is 12.8 Å². The predicted octanol–water partition coefficient (Wildman–Crippen LogP) is 4.64. The average Bonchev–Trinajstić information content (AvgIpc) is 2.93. The van der Waals surface area contributed by atoms with Crippen molar-refractivity contribution >= 4 is 17.0 Å². The van der Waals surface area contributed by atoms with Crippen molar-refractivity contribution in [2.24, 2.45) is 0 Å². The molecule has 0 bridgehead atoms. The maximum absolute atomic E-state index is 3.69. The van der Waals surface area contributed by atoms with Crippen LogP contribution in [0.1, 0.15) is 39.4 Å². The predicted molar refractivity (Wildman–Crippen MR) is 79.7 cm³/mol. The smallest absolute Gasteiger partial charge is 0.0647 e. The van der Waals surface area contributed by atoms with Gasteiger partial charge in [0.2, 0.25) is 0 Å². The van der Waals surface area contributed by atoms with E-state index in [0.29, 0.717) is 6.04 Å². The number of fused-ring (bicyclic) bond motifs is 1. The van der Waals surface area contributed by atoms with Gasteiger partial charge in [-0.05, 0) is 49.9 Å². The molecule has 1 atom stereocenters. The highest BCUT2D eigenvalue weighted by Crippen LogP contribution is 2.39. The molecule has 2 heterocycles. The summed E-state index contributed by atoms with van der Waals surface area (Å²) in [7, 11) is 0. The van der Waals surface area contributed by atoms with Crippen molar-refractivity contribution < 1.29 is 0 Å². The first-order chi connectivity index (χ1) is 8.67. The molecular formula is C16H19NS. The lowest BCUT2D eigenvalue weighted by Crippen LogP contribution is -2.03. The van der Waals surface area contributed by atoms with E-state index in [-0.39, 0.29) is 0 Å². The minimum absolute atomic E-state index is 0.478. The zero-order valence-electron chi connectivity index (χ0n) is 11.2. The molecule has 1 aliphatic rings. The van der Waals surface area contributed by atoms with Crippen LogP contribution in [0.5, 0.6) is 0 Å². The maximum atomic E-state index is 3.69. The summed E-state index contributed by atoms with van der Waals surface area (Å²) >= 11 is 1.95. The lowest BCUT2D eigenvalue weighted by Gasteiger charge is -2.10. The van der Waals surface area contributed by atoms with Gasteiger partial charge in [0.15, 0.2) is 0 Å². The third kappa shape index (κ3) is 1.95. The molecule has 18 heavy (non-hydrogen) atoms. The van der Waals surface area contributed by atoms with Crippen molar-refractivity contribution in [2.45, 2.75) is 39.7 Å². The van der Waals surface area contributed by atoms with E-state index in [4.69, 9.17) is 0 Å². The third-order valence-electron chi connectivity index (χ3n) is 3.68. The van der Waals surface area contributed by atoms with Crippen LogP contribution < -0.4 is 5.32 Å². The number of anilines is 1. The van der Waals surface area contributed by atoms with Gasteiger partial charge in [0.1, 0.15) is 0 Å². The summed E-state index contributed by atoms with van der Waals surface area (Å²) in [5, 5.41) is 3.69. The monoisotopic (exact) mass is 257 g/mol. The molecule has 3 rings (SSSR count). The Balaban J connectivity index is 1.90. The quantitative estimate of drug-likeness (QED) is 0.826. The zero-order valence-corrected chi connectivity index (χ0v) is 12.0. The largest absolute Gasteiger partial charge is 0.377 e. The highest BCUT2D eigenvalue weighted by Gasteiger charge is 2.24. The van der Waals surface area contributed by atoms with Crippen molar-refractivity contribution in [3.8, 4) is 0 Å². The molecule has 94 valence electrons. The van der Waals surface area contributed by atoms with Crippen molar-refractivity contribution in [3.63, 3.8) is 0 Å². The number of hydrogen-bond donors (Lipinski definition) is 1. The Morgan fingerprint density at radius 3 is 2.83 bits per heavy atom. The van der Waals surface area contributed by atoms with E-state index >= 15 is 0 Å². The minimum Gasteiger partial charge on any atom is -0.377 e. The number of thiophene rings is 1. The van der Waals surface area contributed by atoms with Crippen LogP contribution in [0.4, 0.5) is 5.69 Å². The van der Waals surface area contributed by atoms with Crippen molar-refractivity contribution in [3.05, 3.63) is 50.7 Å². The summed E-state index contributed by atoms with van der Waals surface area (Å²) in [5.74, 6) is 0. The van der Waals surface area contributed by atoms with Crippen LogP contribution >= 0.6 is 11.3 Å². The SMILES string of the molecule is CCc1ccc(C2Cc3cc(C)cc(C)c3N2)s1. The Kier molecular flexibility index (Phi) is 2.90. The molecule has 1 unspecified atom stereocenters. The molecule has 2 heteroatoms. The second-order valence-electron chi connectivity index (χ2n) is 5.17. The summed E-state index contributed by atoms with van der Waals surface area (Å²) in [6, 6.07) is 9.62. The van der Waals surface area contributed by atoms with Crippen molar-refractivity contribution in [1.29, 1.82) is 0 Å². The van der Waals surface area contributed by atoms with Crippen LogP contribution in [0.25, 0.3) is 0 Å². The first-order valence-corrected chi connectivity index (χ1v) is 7.44. The highest BCUT2D eigenvalue weighted by atomic mass is 32.1. The molecule has 0 saturated carbocycles. The van der Waals surface area contributed by atoms with Crippen LogP contribution in [-0.4, -0.2) is 0 Å². The lowest BCUT2D eigenvalue weighted by molar-refractivity contribution is 0.843. The second-order valence-corrected chi connectivity index (χ2v) is 6.37. The van der Waals surface area contributed by atoms with Gasteiger partial charge in [0.25, 0.3) is 0 Å². The first kappa shape index (κ1) is 11.8. The number of nitrogens with one attached hydrogen (secondary N) is 1. The fourth-order valence-corrected chi connectivity index (χ4v) is 3.82. The van der Waals surface area contributed by atoms with Crippen LogP contribution in [0.15, 0.2) is 24.3 Å². The molecule has 1 N–H and O–H groups in total. The van der Waals surface area contributed by atoms with E-state index in [2.05, 4.69) is 50.4 Å². The first-order valence-electron chi connectivity index (χ1n) is 6.62. The number of aryl methyl sites for hydroxylation is 3. The van der Waals surface area contributed by atoms with Crippen LogP contribution in [-0.2, 0) is 12.8 Å². The highest BCUT2D eigenvalue weighted by molar-refractivity contribution is 7.12. The van der Waals surface area contributed by atoms with Crippen molar-refractivity contribution in [1.82, 2.24) is 0 Å². The van der Waals surface area contributed by atoms with E-state index in [9.17, 15) is 0 Å². The average molecular weight is 257 g/mol. The Hall–Kier alpha value is -1.28. The van der Waals surface area contributed by atoms with Gasteiger partial charge in [-0.3, -0.25) is 0 Å². The van der Waals surface area contributed by atoms with Gasteiger partial charge in [0, 0.05) is 15.4 Å². The molecule has 1 aliphatic heterocycles. The Morgan fingerprint density at radius 2 is 2.11 bits per heavy atom. The van der Waals surface area contributed by atoms with Gasteiger partial charge in [-0.25, -0.2) is 0 Å². The van der Waals surface area contributed by atoms with Gasteiger partial charge in [-0.15, -0.1) is 11.3 Å². The standard InChI is InChI=1S/C16H19NS/c1-4-13-5-6-15(18-13)14-9-12-8-10(2)7-11(3)16(12)17-14/h5-8,14,17H,4,9H2,1-3H3. The lowest BCUT2D eigenvalue weighted by atomic mass is 10.0. The molecule has 1 aromatic carbocycles. The molecule has 0 fully saturated rings. The van der Waals surface area contributed by atoms with E-state index in [1.54, 1.807) is 0 Å². The van der Waals surface area contributed by atoms with Gasteiger partial charge in [0.05, 0.1) is 6.04 Å². The van der Waals surface area contributed by atoms with Gasteiger partial charge in [-0.2, -0.15) is 0 Å². The fraction of sp³-hybridized carbons (Fsp3) is 0.375. The normalized spacial score (nSPS) is 17.6. The van der Waals surface area contributed by atoms with E-state index in [1.165, 1.54) is 32.1 Å². The Morgan fingerprint density at radius 1 is 1.28 bits per heavy atom. The molecule has 0 saturated heterocycles. The molecule has 0 radical (unpaired) electrons. The minimum atomic E-state index is 0.478. The number of hydrogen-bond acceptors (Lipinski definition) is 2. The molecule has 0 amide bonds. The van der Waals surface area contributed by atoms with Gasteiger partial charge < -0.3 is 5.32 Å². The summed E-state index contributed by atoms with van der Waals surface area (Å²) in [5.41, 5.74) is 5.58. The second kappa shape index (κ2) is 4.43. The molecule has 1 aromatic heterocycles. The summed E-state index contributed by atoms with van der Waals surface area (Å²) in [6.45, 7) is 6.61. The molecule has 1 nitrogen and oxygen atoms in total. The van der Waals surface area contributed by atoms with E-state index < -0.39 is 0 Å². The number of benzene rings is 1. The molecule has 0 spiro atoms.